The van der Waals surface area contributed by atoms with Crippen LogP contribution in [0.5, 0.6) is 0 Å². The predicted octanol–water partition coefficient (Wildman–Crippen LogP) is 5.66. The third-order valence-corrected chi connectivity index (χ3v) is 6.71. The Labute approximate surface area is 227 Å². The van der Waals surface area contributed by atoms with Gasteiger partial charge in [-0.15, -0.1) is 0 Å². The summed E-state index contributed by atoms with van der Waals surface area (Å²) in [6.45, 7) is 1.93. The van der Waals surface area contributed by atoms with Crippen molar-refractivity contribution < 1.29 is 26.8 Å². The first kappa shape index (κ1) is 27.6. The van der Waals surface area contributed by atoms with Crippen LogP contribution in [0.4, 0.5) is 21.5 Å². The fourth-order valence-corrected chi connectivity index (χ4v) is 4.80. The number of anilines is 3. The minimum absolute atomic E-state index is 0.0190. The van der Waals surface area contributed by atoms with E-state index in [4.69, 9.17) is 4.42 Å². The molecular formula is C29H28FN3O5S. The number of amides is 2. The van der Waals surface area contributed by atoms with Crippen molar-refractivity contribution in [2.75, 3.05) is 9.62 Å². The summed E-state index contributed by atoms with van der Waals surface area (Å²) in [6, 6.07) is 22.3. The molecule has 39 heavy (non-hydrogen) atoms. The third-order valence-electron chi connectivity index (χ3n) is 5.94. The summed E-state index contributed by atoms with van der Waals surface area (Å²) in [4.78, 5) is 26.8. The second-order valence-electron chi connectivity index (χ2n) is 8.74. The van der Waals surface area contributed by atoms with Crippen LogP contribution in [0.15, 0.2) is 95.6 Å². The number of para-hydroxylation sites is 1. The number of hydrogen-bond donors (Lipinski definition) is 2. The average Bonchev–Trinajstić information content (AvgIpc) is 3.43. The number of hydrogen-bond acceptors (Lipinski definition) is 5. The van der Waals surface area contributed by atoms with Gasteiger partial charge < -0.3 is 14.6 Å². The largest absolute Gasteiger partial charge is 0.467 e. The number of rotatable bonds is 11. The lowest BCUT2D eigenvalue weighted by atomic mass is 10.1. The second-order valence-corrected chi connectivity index (χ2v) is 9.62. The van der Waals surface area contributed by atoms with Crippen LogP contribution < -0.4 is 9.62 Å². The molecule has 1 aromatic heterocycles. The van der Waals surface area contributed by atoms with Crippen molar-refractivity contribution in [2.24, 2.45) is 0 Å². The van der Waals surface area contributed by atoms with Gasteiger partial charge >= 0.3 is 0 Å². The Morgan fingerprint density at radius 1 is 0.897 bits per heavy atom. The summed E-state index contributed by atoms with van der Waals surface area (Å²) in [5.74, 6) is -0.858. The average molecular weight is 550 g/mol. The van der Waals surface area contributed by atoms with Crippen molar-refractivity contribution in [2.45, 2.75) is 32.9 Å². The summed E-state index contributed by atoms with van der Waals surface area (Å²) in [5, 5.41) is 2.78. The molecule has 4 aromatic rings. The molecule has 0 saturated carbocycles. The van der Waals surface area contributed by atoms with E-state index >= 15 is 0 Å². The SMILES string of the molecule is CCCC(=O)Nc1ccc(N(c2ccccc2CN(Cc2ccco2)C(=O)c2ccccc2F)[SH](=O)=O)cc1. The lowest BCUT2D eigenvalue weighted by molar-refractivity contribution is -0.116. The number of thiol groups is 1. The second kappa shape index (κ2) is 12.9. The first-order valence-corrected chi connectivity index (χ1v) is 13.5. The molecule has 10 heteroatoms. The molecule has 0 bridgehead atoms. The van der Waals surface area contributed by atoms with Gasteiger partial charge in [0.25, 0.3) is 5.91 Å². The van der Waals surface area contributed by atoms with Gasteiger partial charge in [0.15, 0.2) is 0 Å². The predicted molar refractivity (Wildman–Crippen MR) is 148 cm³/mol. The number of carbonyl (C=O) groups is 2. The number of halogens is 1. The van der Waals surface area contributed by atoms with Gasteiger partial charge in [-0.25, -0.2) is 17.1 Å². The quantitative estimate of drug-likeness (QED) is 0.235. The Morgan fingerprint density at radius 2 is 1.62 bits per heavy atom. The Morgan fingerprint density at radius 3 is 2.28 bits per heavy atom. The van der Waals surface area contributed by atoms with Crippen molar-refractivity contribution >= 4 is 39.8 Å². The van der Waals surface area contributed by atoms with Gasteiger partial charge in [0.1, 0.15) is 11.6 Å². The van der Waals surface area contributed by atoms with E-state index in [0.29, 0.717) is 41.2 Å². The lowest BCUT2D eigenvalue weighted by Crippen LogP contribution is -2.31. The van der Waals surface area contributed by atoms with E-state index in [2.05, 4.69) is 5.32 Å². The van der Waals surface area contributed by atoms with E-state index < -0.39 is 22.6 Å². The Hall–Kier alpha value is -4.44. The van der Waals surface area contributed by atoms with E-state index in [-0.39, 0.29) is 24.6 Å². The van der Waals surface area contributed by atoms with Crippen molar-refractivity contribution in [3.8, 4) is 0 Å². The van der Waals surface area contributed by atoms with Crippen LogP contribution in [-0.4, -0.2) is 25.1 Å². The van der Waals surface area contributed by atoms with Crippen molar-refractivity contribution in [1.29, 1.82) is 0 Å². The van der Waals surface area contributed by atoms with Gasteiger partial charge in [-0.2, -0.15) is 0 Å². The molecule has 0 unspecified atom stereocenters. The molecule has 1 N–H and O–H groups in total. The molecule has 3 aromatic carbocycles. The first-order chi connectivity index (χ1) is 18.9. The van der Waals surface area contributed by atoms with Gasteiger partial charge in [0, 0.05) is 18.7 Å². The Kier molecular flexibility index (Phi) is 9.11. The zero-order valence-electron chi connectivity index (χ0n) is 21.2. The first-order valence-electron chi connectivity index (χ1n) is 12.4. The Bertz CT molecular complexity index is 1500. The molecule has 0 radical (unpaired) electrons. The maximum atomic E-state index is 14.5. The molecule has 1 heterocycles. The number of nitrogens with one attached hydrogen (secondary N) is 1. The molecule has 0 spiro atoms. The molecule has 4 rings (SSSR count). The van der Waals surface area contributed by atoms with Crippen molar-refractivity contribution in [3.63, 3.8) is 0 Å². The van der Waals surface area contributed by atoms with Crippen LogP contribution in [-0.2, 0) is 28.8 Å². The van der Waals surface area contributed by atoms with E-state index in [9.17, 15) is 22.4 Å². The van der Waals surface area contributed by atoms with Crippen molar-refractivity contribution in [3.05, 3.63) is 114 Å². The van der Waals surface area contributed by atoms with E-state index in [0.717, 1.165) is 4.31 Å². The third kappa shape index (κ3) is 6.91. The highest BCUT2D eigenvalue weighted by atomic mass is 32.2. The summed E-state index contributed by atoms with van der Waals surface area (Å²) in [6.07, 6.45) is 2.57. The van der Waals surface area contributed by atoms with Gasteiger partial charge in [0.05, 0.1) is 29.7 Å². The molecule has 0 fully saturated rings. The van der Waals surface area contributed by atoms with Crippen LogP contribution >= 0.6 is 0 Å². The standard InChI is InChI=1S/C29H28FN3O5S/c1-2-8-28(34)31-22-14-16-23(17-15-22)33(39(36)37)27-13-6-3-9-21(27)19-32(20-24-10-7-18-38-24)29(35)25-11-4-5-12-26(25)30/h3-7,9-18,39H,2,8,19-20H2,1H3,(H,31,34). The lowest BCUT2D eigenvalue weighted by Gasteiger charge is -2.26. The van der Waals surface area contributed by atoms with E-state index in [1.54, 1.807) is 66.7 Å². The van der Waals surface area contributed by atoms with Crippen molar-refractivity contribution in [1.82, 2.24) is 4.90 Å². The zero-order chi connectivity index (χ0) is 27.8. The highest BCUT2D eigenvalue weighted by molar-refractivity contribution is 7.74. The fourth-order valence-electron chi connectivity index (χ4n) is 4.11. The summed E-state index contributed by atoms with van der Waals surface area (Å²) >= 11 is 0. The highest BCUT2D eigenvalue weighted by Gasteiger charge is 2.23. The molecule has 0 aliphatic rings. The minimum Gasteiger partial charge on any atom is -0.467 e. The monoisotopic (exact) mass is 549 g/mol. The zero-order valence-corrected chi connectivity index (χ0v) is 22.1. The maximum absolute atomic E-state index is 14.5. The number of carbonyl (C=O) groups excluding carboxylic acids is 2. The summed E-state index contributed by atoms with van der Waals surface area (Å²) in [7, 11) is -3.13. The van der Waals surface area contributed by atoms with Gasteiger partial charge in [-0.05, 0) is 66.6 Å². The molecule has 0 atom stereocenters. The van der Waals surface area contributed by atoms with E-state index in [1.807, 2.05) is 6.92 Å². The molecule has 2 amide bonds. The van der Waals surface area contributed by atoms with E-state index in [1.165, 1.54) is 29.4 Å². The van der Waals surface area contributed by atoms with Crippen LogP contribution in [0.3, 0.4) is 0 Å². The molecule has 0 aliphatic carbocycles. The number of furan rings is 1. The fraction of sp³-hybridized carbons (Fsp3) is 0.172. The molecule has 8 nitrogen and oxygen atoms in total. The highest BCUT2D eigenvalue weighted by Crippen LogP contribution is 2.31. The van der Waals surface area contributed by atoms with Gasteiger partial charge in [-0.1, -0.05) is 37.3 Å². The molecule has 0 saturated heterocycles. The summed E-state index contributed by atoms with van der Waals surface area (Å²) in [5.41, 5.74) is 1.65. The smallest absolute Gasteiger partial charge is 0.257 e. The molecular weight excluding hydrogens is 521 g/mol. The number of benzene rings is 3. The van der Waals surface area contributed by atoms with Gasteiger partial charge in [0.2, 0.25) is 16.8 Å². The van der Waals surface area contributed by atoms with Gasteiger partial charge in [-0.3, -0.25) is 9.59 Å². The normalized spacial score (nSPS) is 10.8. The molecule has 0 aliphatic heterocycles. The number of nitrogens with zero attached hydrogens (tertiary/aromatic N) is 2. The van der Waals surface area contributed by atoms with Crippen LogP contribution in [0, 0.1) is 5.82 Å². The Balaban J connectivity index is 1.67. The van der Waals surface area contributed by atoms with Crippen LogP contribution in [0.2, 0.25) is 0 Å². The molecule has 202 valence electrons. The van der Waals surface area contributed by atoms with Crippen LogP contribution in [0.25, 0.3) is 0 Å². The topological polar surface area (TPSA) is 99.9 Å². The maximum Gasteiger partial charge on any atom is 0.257 e. The summed E-state index contributed by atoms with van der Waals surface area (Å²) < 4.78 is 46.1. The van der Waals surface area contributed by atoms with Crippen LogP contribution in [0.1, 0.15) is 41.4 Å². The minimum atomic E-state index is -3.13.